The molecule has 0 atom stereocenters. The van der Waals surface area contributed by atoms with Crippen LogP contribution < -0.4 is 5.43 Å². The Kier molecular flexibility index (Phi) is 4.85. The summed E-state index contributed by atoms with van der Waals surface area (Å²) in [5.41, 5.74) is 3.50. The van der Waals surface area contributed by atoms with E-state index < -0.39 is 0 Å². The van der Waals surface area contributed by atoms with Gasteiger partial charge < -0.3 is 0 Å². The summed E-state index contributed by atoms with van der Waals surface area (Å²) in [6.45, 7) is 0. The van der Waals surface area contributed by atoms with Gasteiger partial charge in [-0.15, -0.1) is 0 Å². The molecule has 102 valence electrons. The van der Waals surface area contributed by atoms with Gasteiger partial charge in [-0.3, -0.25) is 4.79 Å². The van der Waals surface area contributed by atoms with Gasteiger partial charge in [-0.05, 0) is 23.8 Å². The van der Waals surface area contributed by atoms with Crippen LogP contribution in [0.3, 0.4) is 0 Å². The summed E-state index contributed by atoms with van der Waals surface area (Å²) in [5.74, 6) is -0.664. The Hall–Kier alpha value is -2.20. The fourth-order valence-electron chi connectivity index (χ4n) is 1.58. The lowest BCUT2D eigenvalue weighted by Crippen LogP contribution is -2.19. The fraction of sp³-hybridized carbons (Fsp3) is 0.0667. The first-order valence-corrected chi connectivity index (χ1v) is 6.34. The van der Waals surface area contributed by atoms with Crippen molar-refractivity contribution < 1.29 is 9.18 Å². The molecule has 1 N–H and O–H groups in total. The van der Waals surface area contributed by atoms with Crippen molar-refractivity contribution in [1.29, 1.82) is 0 Å². The third kappa shape index (κ3) is 4.17. The highest BCUT2D eigenvalue weighted by atomic mass is 35.5. The van der Waals surface area contributed by atoms with Gasteiger partial charge in [-0.25, -0.2) is 9.82 Å². The van der Waals surface area contributed by atoms with E-state index in [2.05, 4.69) is 10.5 Å². The third-order valence-corrected chi connectivity index (χ3v) is 2.83. The summed E-state index contributed by atoms with van der Waals surface area (Å²) in [5, 5.41) is 4.34. The van der Waals surface area contributed by atoms with Gasteiger partial charge in [0, 0.05) is 10.6 Å². The number of hydrogen-bond donors (Lipinski definition) is 1. The van der Waals surface area contributed by atoms with Gasteiger partial charge in [0.1, 0.15) is 5.82 Å². The maximum atomic E-state index is 13.3. The number of amides is 1. The second-order valence-corrected chi connectivity index (χ2v) is 4.55. The van der Waals surface area contributed by atoms with Crippen molar-refractivity contribution in [3.8, 4) is 0 Å². The third-order valence-electron chi connectivity index (χ3n) is 2.58. The van der Waals surface area contributed by atoms with Crippen LogP contribution in [0.15, 0.2) is 53.6 Å². The lowest BCUT2D eigenvalue weighted by molar-refractivity contribution is -0.120. The van der Waals surface area contributed by atoms with E-state index >= 15 is 0 Å². The Morgan fingerprint density at radius 2 is 1.90 bits per heavy atom. The molecule has 0 heterocycles. The Balaban J connectivity index is 1.89. The molecule has 3 nitrogen and oxygen atoms in total. The van der Waals surface area contributed by atoms with Gasteiger partial charge in [0.05, 0.1) is 12.6 Å². The van der Waals surface area contributed by atoms with Crippen LogP contribution in [0.4, 0.5) is 4.39 Å². The second kappa shape index (κ2) is 6.82. The van der Waals surface area contributed by atoms with Crippen LogP contribution in [0, 0.1) is 5.82 Å². The molecule has 1 amide bonds. The molecular formula is C15H12ClFN2O. The Morgan fingerprint density at radius 1 is 1.20 bits per heavy atom. The standard InChI is InChI=1S/C15H12ClFN2O/c16-13-7-5-11(6-8-13)9-15(20)19-18-10-12-3-1-2-4-14(12)17/h1-8,10H,9H2,(H,19,20)/b18-10+. The lowest BCUT2D eigenvalue weighted by atomic mass is 10.1. The van der Waals surface area contributed by atoms with Crippen LogP contribution in [-0.4, -0.2) is 12.1 Å². The number of benzene rings is 2. The Morgan fingerprint density at radius 3 is 2.60 bits per heavy atom. The summed E-state index contributed by atoms with van der Waals surface area (Å²) >= 11 is 5.75. The number of carbonyl (C=O) groups is 1. The highest BCUT2D eigenvalue weighted by Crippen LogP contribution is 2.09. The minimum Gasteiger partial charge on any atom is -0.273 e. The molecule has 2 aromatic carbocycles. The van der Waals surface area contributed by atoms with E-state index in [0.29, 0.717) is 10.6 Å². The molecule has 0 unspecified atom stereocenters. The van der Waals surface area contributed by atoms with E-state index in [9.17, 15) is 9.18 Å². The van der Waals surface area contributed by atoms with Crippen LogP contribution in [0.5, 0.6) is 0 Å². The molecule has 0 aliphatic heterocycles. The van der Waals surface area contributed by atoms with Crippen molar-refractivity contribution in [3.63, 3.8) is 0 Å². The molecule has 0 bridgehead atoms. The van der Waals surface area contributed by atoms with Crippen LogP contribution >= 0.6 is 11.6 Å². The maximum absolute atomic E-state index is 13.3. The van der Waals surface area contributed by atoms with E-state index in [4.69, 9.17) is 11.6 Å². The minimum absolute atomic E-state index is 0.186. The first kappa shape index (κ1) is 14.2. The number of carbonyl (C=O) groups excluding carboxylic acids is 1. The van der Waals surface area contributed by atoms with E-state index in [0.717, 1.165) is 5.56 Å². The fourth-order valence-corrected chi connectivity index (χ4v) is 1.71. The number of halogens is 2. The molecule has 2 aromatic rings. The van der Waals surface area contributed by atoms with Crippen molar-refractivity contribution in [1.82, 2.24) is 5.43 Å². The van der Waals surface area contributed by atoms with E-state index in [1.165, 1.54) is 12.3 Å². The van der Waals surface area contributed by atoms with E-state index in [1.54, 1.807) is 42.5 Å². The number of hydrazone groups is 1. The topological polar surface area (TPSA) is 41.5 Å². The second-order valence-electron chi connectivity index (χ2n) is 4.12. The van der Waals surface area contributed by atoms with E-state index in [1.807, 2.05) is 0 Å². The number of nitrogens with one attached hydrogen (secondary N) is 1. The lowest BCUT2D eigenvalue weighted by Gasteiger charge is -2.01. The molecule has 0 saturated carbocycles. The van der Waals surface area contributed by atoms with Crippen LogP contribution in [0.25, 0.3) is 0 Å². The predicted octanol–water partition coefficient (Wildman–Crippen LogP) is 3.17. The molecule has 0 radical (unpaired) electrons. The molecule has 0 fully saturated rings. The van der Waals surface area contributed by atoms with Crippen molar-refractivity contribution in [3.05, 3.63) is 70.5 Å². The minimum atomic E-state index is -0.386. The SMILES string of the molecule is O=C(Cc1ccc(Cl)cc1)N/N=C/c1ccccc1F. The zero-order chi connectivity index (χ0) is 14.4. The zero-order valence-corrected chi connectivity index (χ0v) is 11.3. The molecule has 0 aliphatic rings. The summed E-state index contributed by atoms with van der Waals surface area (Å²) < 4.78 is 13.3. The molecule has 0 aliphatic carbocycles. The first-order valence-electron chi connectivity index (χ1n) is 5.96. The zero-order valence-electron chi connectivity index (χ0n) is 10.5. The first-order chi connectivity index (χ1) is 9.65. The van der Waals surface area contributed by atoms with Crippen LogP contribution in [-0.2, 0) is 11.2 Å². The predicted molar refractivity (Wildman–Crippen MR) is 77.3 cm³/mol. The van der Waals surface area contributed by atoms with Gasteiger partial charge in [-0.2, -0.15) is 5.10 Å². The van der Waals surface area contributed by atoms with Gasteiger partial charge in [0.25, 0.3) is 0 Å². The van der Waals surface area contributed by atoms with E-state index in [-0.39, 0.29) is 18.1 Å². The molecule has 5 heteroatoms. The molecule has 0 aromatic heterocycles. The number of hydrogen-bond acceptors (Lipinski definition) is 2. The smallest absolute Gasteiger partial charge is 0.244 e. The molecular weight excluding hydrogens is 279 g/mol. The highest BCUT2D eigenvalue weighted by molar-refractivity contribution is 6.30. The molecule has 0 spiro atoms. The molecule has 2 rings (SSSR count). The van der Waals surface area contributed by atoms with Gasteiger partial charge in [-0.1, -0.05) is 41.9 Å². The van der Waals surface area contributed by atoms with Crippen LogP contribution in [0.1, 0.15) is 11.1 Å². The summed E-state index contributed by atoms with van der Waals surface area (Å²) in [4.78, 5) is 11.6. The number of nitrogens with zero attached hydrogens (tertiary/aromatic N) is 1. The molecule has 0 saturated heterocycles. The summed E-state index contributed by atoms with van der Waals surface area (Å²) in [6.07, 6.45) is 1.46. The van der Waals surface area contributed by atoms with Gasteiger partial charge in [0.15, 0.2) is 0 Å². The maximum Gasteiger partial charge on any atom is 0.244 e. The van der Waals surface area contributed by atoms with Crippen LogP contribution in [0.2, 0.25) is 5.02 Å². The Labute approximate surface area is 121 Å². The summed E-state index contributed by atoms with van der Waals surface area (Å²) in [6, 6.07) is 13.2. The Bertz CT molecular complexity index is 626. The monoisotopic (exact) mass is 290 g/mol. The normalized spacial score (nSPS) is 10.7. The average molecular weight is 291 g/mol. The number of rotatable bonds is 4. The van der Waals surface area contributed by atoms with Crippen molar-refractivity contribution in [2.45, 2.75) is 6.42 Å². The molecule has 20 heavy (non-hydrogen) atoms. The van der Waals surface area contributed by atoms with Crippen molar-refractivity contribution in [2.75, 3.05) is 0 Å². The van der Waals surface area contributed by atoms with Gasteiger partial charge in [0.2, 0.25) is 5.91 Å². The quantitative estimate of drug-likeness (QED) is 0.682. The average Bonchev–Trinajstić information content (AvgIpc) is 2.43. The summed E-state index contributed by atoms with van der Waals surface area (Å²) in [7, 11) is 0. The van der Waals surface area contributed by atoms with Gasteiger partial charge >= 0.3 is 0 Å². The van der Waals surface area contributed by atoms with Crippen molar-refractivity contribution >= 4 is 23.7 Å². The van der Waals surface area contributed by atoms with Crippen molar-refractivity contribution in [2.24, 2.45) is 5.10 Å². The largest absolute Gasteiger partial charge is 0.273 e. The highest BCUT2D eigenvalue weighted by Gasteiger charge is 2.02.